The molecule has 0 aliphatic heterocycles. The number of anilines is 1. The van der Waals surface area contributed by atoms with Crippen molar-refractivity contribution in [2.24, 2.45) is 5.92 Å². The molecule has 108 valence electrons. The zero-order valence-corrected chi connectivity index (χ0v) is 12.9. The molecule has 19 heavy (non-hydrogen) atoms. The average molecular weight is 284 g/mol. The molecule has 0 bridgehead atoms. The van der Waals surface area contributed by atoms with Crippen molar-refractivity contribution < 1.29 is 8.42 Å². The summed E-state index contributed by atoms with van der Waals surface area (Å²) in [5, 5.41) is 3.28. The van der Waals surface area contributed by atoms with E-state index < -0.39 is 10.0 Å². The van der Waals surface area contributed by atoms with Crippen LogP contribution < -0.4 is 10.0 Å². The third-order valence-corrected chi connectivity index (χ3v) is 4.28. The largest absolute Gasteiger partial charge is 0.385 e. The van der Waals surface area contributed by atoms with Crippen LogP contribution in [-0.4, -0.2) is 21.0 Å². The fourth-order valence-electron chi connectivity index (χ4n) is 1.64. The molecule has 4 nitrogen and oxygen atoms in total. The Morgan fingerprint density at radius 1 is 1.05 bits per heavy atom. The van der Waals surface area contributed by atoms with Crippen molar-refractivity contribution in [1.82, 2.24) is 4.72 Å². The highest BCUT2D eigenvalue weighted by molar-refractivity contribution is 7.89. The Bertz CT molecular complexity index is 479. The van der Waals surface area contributed by atoms with Gasteiger partial charge in [-0.3, -0.25) is 0 Å². The van der Waals surface area contributed by atoms with Gasteiger partial charge in [0, 0.05) is 18.3 Å². The summed E-state index contributed by atoms with van der Waals surface area (Å²) in [5.74, 6) is 0.655. The van der Waals surface area contributed by atoms with Gasteiger partial charge in [0.25, 0.3) is 0 Å². The van der Waals surface area contributed by atoms with E-state index in [9.17, 15) is 8.42 Å². The summed E-state index contributed by atoms with van der Waals surface area (Å²) >= 11 is 0. The van der Waals surface area contributed by atoms with E-state index in [0.717, 1.165) is 18.7 Å². The molecule has 1 aromatic rings. The molecule has 0 heterocycles. The van der Waals surface area contributed by atoms with Crippen molar-refractivity contribution in [2.45, 2.75) is 45.1 Å². The van der Waals surface area contributed by atoms with Gasteiger partial charge in [0.05, 0.1) is 4.90 Å². The normalized spacial score (nSPS) is 12.1. The Hall–Kier alpha value is -1.07. The van der Waals surface area contributed by atoms with Gasteiger partial charge >= 0.3 is 0 Å². The minimum atomic E-state index is -3.39. The van der Waals surface area contributed by atoms with Gasteiger partial charge in [-0.05, 0) is 50.5 Å². The molecule has 0 aliphatic rings. The Balaban J connectivity index is 2.66. The van der Waals surface area contributed by atoms with E-state index in [-0.39, 0.29) is 6.04 Å². The van der Waals surface area contributed by atoms with E-state index in [2.05, 4.69) is 23.9 Å². The molecule has 1 rings (SSSR count). The molecule has 0 saturated carbocycles. The van der Waals surface area contributed by atoms with Gasteiger partial charge in [-0.25, -0.2) is 13.1 Å². The first-order valence-corrected chi connectivity index (χ1v) is 8.16. The average Bonchev–Trinajstić information content (AvgIpc) is 2.27. The van der Waals surface area contributed by atoms with E-state index in [0.29, 0.717) is 10.8 Å². The zero-order valence-electron chi connectivity index (χ0n) is 12.1. The second kappa shape index (κ2) is 6.91. The Morgan fingerprint density at radius 2 is 1.63 bits per heavy atom. The maximum atomic E-state index is 11.9. The second-order valence-corrected chi connectivity index (χ2v) is 7.12. The third-order valence-electron chi connectivity index (χ3n) is 2.61. The molecule has 0 spiro atoms. The summed E-state index contributed by atoms with van der Waals surface area (Å²) in [5.41, 5.74) is 0.948. The van der Waals surface area contributed by atoms with Crippen LogP contribution in [0.1, 0.15) is 34.1 Å². The maximum absolute atomic E-state index is 11.9. The maximum Gasteiger partial charge on any atom is 0.240 e. The minimum Gasteiger partial charge on any atom is -0.385 e. The van der Waals surface area contributed by atoms with Crippen molar-refractivity contribution in [3.8, 4) is 0 Å². The molecule has 0 saturated heterocycles. The molecule has 0 atom stereocenters. The fraction of sp³-hybridized carbons (Fsp3) is 0.571. The summed E-state index contributed by atoms with van der Waals surface area (Å²) in [6, 6.07) is 6.75. The summed E-state index contributed by atoms with van der Waals surface area (Å²) < 4.78 is 26.4. The number of hydrogen-bond donors (Lipinski definition) is 2. The van der Waals surface area contributed by atoms with Crippen molar-refractivity contribution >= 4 is 15.7 Å². The molecular formula is C14H24N2O2S. The van der Waals surface area contributed by atoms with Gasteiger partial charge in [-0.1, -0.05) is 13.8 Å². The lowest BCUT2D eigenvalue weighted by Crippen LogP contribution is -2.30. The molecule has 0 aromatic heterocycles. The first-order chi connectivity index (χ1) is 8.81. The van der Waals surface area contributed by atoms with Crippen LogP contribution in [0.5, 0.6) is 0 Å². The van der Waals surface area contributed by atoms with E-state index >= 15 is 0 Å². The zero-order chi connectivity index (χ0) is 14.5. The lowest BCUT2D eigenvalue weighted by molar-refractivity contribution is 0.570. The third kappa shape index (κ3) is 5.61. The molecule has 0 amide bonds. The molecule has 0 unspecified atom stereocenters. The quantitative estimate of drug-likeness (QED) is 0.809. The van der Waals surface area contributed by atoms with Crippen molar-refractivity contribution in [1.29, 1.82) is 0 Å². The highest BCUT2D eigenvalue weighted by Crippen LogP contribution is 2.14. The summed E-state index contributed by atoms with van der Waals surface area (Å²) in [4.78, 5) is 0.301. The smallest absolute Gasteiger partial charge is 0.240 e. The SMILES string of the molecule is CC(C)CCNc1ccc(S(=O)(=O)NC(C)C)cc1. The van der Waals surface area contributed by atoms with Gasteiger partial charge < -0.3 is 5.32 Å². The molecule has 1 aromatic carbocycles. The van der Waals surface area contributed by atoms with Crippen LogP contribution in [0.4, 0.5) is 5.69 Å². The van der Waals surface area contributed by atoms with E-state index in [1.165, 1.54) is 0 Å². The van der Waals surface area contributed by atoms with Crippen molar-refractivity contribution in [3.63, 3.8) is 0 Å². The number of nitrogens with one attached hydrogen (secondary N) is 2. The van der Waals surface area contributed by atoms with Gasteiger partial charge in [-0.15, -0.1) is 0 Å². The molecule has 0 fully saturated rings. The number of sulfonamides is 1. The molecule has 2 N–H and O–H groups in total. The molecule has 0 aliphatic carbocycles. The van der Waals surface area contributed by atoms with E-state index in [1.54, 1.807) is 38.1 Å². The van der Waals surface area contributed by atoms with Gasteiger partial charge in [0.1, 0.15) is 0 Å². The fourth-order valence-corrected chi connectivity index (χ4v) is 2.89. The van der Waals surface area contributed by atoms with E-state index in [1.807, 2.05) is 0 Å². The predicted octanol–water partition coefficient (Wildman–Crippen LogP) is 2.83. The Kier molecular flexibility index (Phi) is 5.82. The first-order valence-electron chi connectivity index (χ1n) is 6.67. The van der Waals surface area contributed by atoms with Gasteiger partial charge in [0.2, 0.25) is 10.0 Å². The monoisotopic (exact) mass is 284 g/mol. The lowest BCUT2D eigenvalue weighted by Gasteiger charge is -2.11. The molecule has 0 radical (unpaired) electrons. The summed E-state index contributed by atoms with van der Waals surface area (Å²) in [6.45, 7) is 8.86. The number of benzene rings is 1. The van der Waals surface area contributed by atoms with Crippen LogP contribution >= 0.6 is 0 Å². The first kappa shape index (κ1) is 16.0. The summed E-state index contributed by atoms with van der Waals surface area (Å²) in [6.07, 6.45) is 1.09. The van der Waals surface area contributed by atoms with E-state index in [4.69, 9.17) is 0 Å². The summed E-state index contributed by atoms with van der Waals surface area (Å²) in [7, 11) is -3.39. The van der Waals surface area contributed by atoms with Crippen LogP contribution in [0.15, 0.2) is 29.2 Å². The number of hydrogen-bond acceptors (Lipinski definition) is 3. The van der Waals surface area contributed by atoms with Crippen LogP contribution in [0.3, 0.4) is 0 Å². The standard InChI is InChI=1S/C14H24N2O2S/c1-11(2)9-10-15-13-5-7-14(8-6-13)19(17,18)16-12(3)4/h5-8,11-12,15-16H,9-10H2,1-4H3. The highest BCUT2D eigenvalue weighted by atomic mass is 32.2. The van der Waals surface area contributed by atoms with Crippen LogP contribution in [0, 0.1) is 5.92 Å². The molecular weight excluding hydrogens is 260 g/mol. The Morgan fingerprint density at radius 3 is 2.11 bits per heavy atom. The van der Waals surface area contributed by atoms with Crippen molar-refractivity contribution in [3.05, 3.63) is 24.3 Å². The Labute approximate surface area is 116 Å². The predicted molar refractivity (Wildman–Crippen MR) is 79.8 cm³/mol. The highest BCUT2D eigenvalue weighted by Gasteiger charge is 2.14. The topological polar surface area (TPSA) is 58.2 Å². The van der Waals surface area contributed by atoms with Crippen LogP contribution in [-0.2, 0) is 10.0 Å². The van der Waals surface area contributed by atoms with Gasteiger partial charge in [-0.2, -0.15) is 0 Å². The number of rotatable bonds is 7. The van der Waals surface area contributed by atoms with Crippen LogP contribution in [0.25, 0.3) is 0 Å². The van der Waals surface area contributed by atoms with Gasteiger partial charge in [0.15, 0.2) is 0 Å². The van der Waals surface area contributed by atoms with Crippen LogP contribution in [0.2, 0.25) is 0 Å². The lowest BCUT2D eigenvalue weighted by atomic mass is 10.1. The van der Waals surface area contributed by atoms with Crippen molar-refractivity contribution in [2.75, 3.05) is 11.9 Å². The minimum absolute atomic E-state index is 0.103. The second-order valence-electron chi connectivity index (χ2n) is 5.41. The molecule has 5 heteroatoms.